The third-order valence-corrected chi connectivity index (χ3v) is 3.41. The highest BCUT2D eigenvalue weighted by Crippen LogP contribution is 2.16. The maximum absolute atomic E-state index is 11.1. The molecule has 0 aromatic heterocycles. The van der Waals surface area contributed by atoms with Crippen molar-refractivity contribution in [1.82, 2.24) is 5.32 Å². The Balaban J connectivity index is 2.69. The fourth-order valence-electron chi connectivity index (χ4n) is 1.65. The van der Waals surface area contributed by atoms with E-state index >= 15 is 0 Å². The quantitative estimate of drug-likeness (QED) is 0.825. The standard InChI is InChI=1S/C12H19NO2S/c1-3-13-12(9-10-16(2,14)15)11-7-5-4-6-8-11/h4-8,12-13H,3,9-10H2,1-2H3. The summed E-state index contributed by atoms with van der Waals surface area (Å²) in [6, 6.07) is 10.1. The fraction of sp³-hybridized carbons (Fsp3) is 0.500. The average molecular weight is 241 g/mol. The van der Waals surface area contributed by atoms with Crippen molar-refractivity contribution in [2.45, 2.75) is 19.4 Å². The molecule has 0 bridgehead atoms. The third kappa shape index (κ3) is 4.77. The number of sulfone groups is 1. The van der Waals surface area contributed by atoms with Crippen molar-refractivity contribution in [3.63, 3.8) is 0 Å². The molecule has 4 heteroatoms. The lowest BCUT2D eigenvalue weighted by atomic mass is 10.0. The first-order valence-corrected chi connectivity index (χ1v) is 7.55. The van der Waals surface area contributed by atoms with E-state index in [1.165, 1.54) is 6.26 Å². The van der Waals surface area contributed by atoms with Gasteiger partial charge in [0.2, 0.25) is 0 Å². The van der Waals surface area contributed by atoms with Crippen molar-refractivity contribution in [3.8, 4) is 0 Å². The molecule has 1 aromatic rings. The van der Waals surface area contributed by atoms with Gasteiger partial charge in [-0.3, -0.25) is 0 Å². The maximum atomic E-state index is 11.1. The fourth-order valence-corrected chi connectivity index (χ4v) is 2.31. The Morgan fingerprint density at radius 1 is 1.25 bits per heavy atom. The Bertz CT molecular complexity index is 400. The molecule has 1 aromatic carbocycles. The predicted octanol–water partition coefficient (Wildman–Crippen LogP) is 1.77. The molecule has 3 nitrogen and oxygen atoms in total. The molecule has 0 saturated heterocycles. The number of hydrogen-bond donors (Lipinski definition) is 1. The smallest absolute Gasteiger partial charge is 0.147 e. The van der Waals surface area contributed by atoms with Crippen molar-refractivity contribution in [3.05, 3.63) is 35.9 Å². The van der Waals surface area contributed by atoms with Crippen molar-refractivity contribution in [1.29, 1.82) is 0 Å². The highest BCUT2D eigenvalue weighted by atomic mass is 32.2. The lowest BCUT2D eigenvalue weighted by molar-refractivity contribution is 0.530. The first kappa shape index (κ1) is 13.2. The largest absolute Gasteiger partial charge is 0.310 e. The molecule has 0 saturated carbocycles. The van der Waals surface area contributed by atoms with Gasteiger partial charge in [-0.05, 0) is 18.5 Å². The summed E-state index contributed by atoms with van der Waals surface area (Å²) in [7, 11) is -2.89. The third-order valence-electron chi connectivity index (χ3n) is 2.43. The van der Waals surface area contributed by atoms with Gasteiger partial charge < -0.3 is 5.32 Å². The van der Waals surface area contributed by atoms with Gasteiger partial charge in [-0.1, -0.05) is 37.3 Å². The summed E-state index contributed by atoms with van der Waals surface area (Å²) >= 11 is 0. The van der Waals surface area contributed by atoms with Crippen LogP contribution in [0.15, 0.2) is 30.3 Å². The van der Waals surface area contributed by atoms with E-state index in [2.05, 4.69) is 5.32 Å². The van der Waals surface area contributed by atoms with Gasteiger partial charge in [0.25, 0.3) is 0 Å². The first-order valence-electron chi connectivity index (χ1n) is 5.49. The van der Waals surface area contributed by atoms with Crippen LogP contribution in [0.1, 0.15) is 24.9 Å². The molecule has 0 radical (unpaired) electrons. The van der Waals surface area contributed by atoms with Crippen molar-refractivity contribution < 1.29 is 8.42 Å². The number of rotatable bonds is 6. The summed E-state index contributed by atoms with van der Waals surface area (Å²) in [5.74, 6) is 0.222. The zero-order valence-corrected chi connectivity index (χ0v) is 10.6. The monoisotopic (exact) mass is 241 g/mol. The van der Waals surface area contributed by atoms with Gasteiger partial charge in [0, 0.05) is 12.3 Å². The predicted molar refractivity (Wildman–Crippen MR) is 67.2 cm³/mol. The van der Waals surface area contributed by atoms with Gasteiger partial charge in [0.1, 0.15) is 9.84 Å². The van der Waals surface area contributed by atoms with Gasteiger partial charge in [-0.15, -0.1) is 0 Å². The van der Waals surface area contributed by atoms with E-state index in [0.717, 1.165) is 12.1 Å². The molecule has 0 aliphatic heterocycles. The molecular formula is C12H19NO2S. The maximum Gasteiger partial charge on any atom is 0.147 e. The second-order valence-corrected chi connectivity index (χ2v) is 6.20. The van der Waals surface area contributed by atoms with E-state index in [1.54, 1.807) is 0 Å². The summed E-state index contributed by atoms with van der Waals surface area (Å²) in [6.07, 6.45) is 1.90. The van der Waals surface area contributed by atoms with Gasteiger partial charge in [-0.2, -0.15) is 0 Å². The second-order valence-electron chi connectivity index (χ2n) is 3.94. The molecule has 16 heavy (non-hydrogen) atoms. The van der Waals surface area contributed by atoms with Crippen molar-refractivity contribution in [2.24, 2.45) is 0 Å². The van der Waals surface area contributed by atoms with E-state index in [1.807, 2.05) is 37.3 Å². The number of hydrogen-bond acceptors (Lipinski definition) is 3. The van der Waals surface area contributed by atoms with Gasteiger partial charge in [0.15, 0.2) is 0 Å². The van der Waals surface area contributed by atoms with E-state index in [9.17, 15) is 8.42 Å². The van der Waals surface area contributed by atoms with E-state index < -0.39 is 9.84 Å². The highest BCUT2D eigenvalue weighted by molar-refractivity contribution is 7.90. The molecule has 0 aliphatic rings. The van der Waals surface area contributed by atoms with E-state index in [0.29, 0.717) is 6.42 Å². The normalized spacial score (nSPS) is 13.6. The zero-order chi connectivity index (χ0) is 12.0. The minimum atomic E-state index is -2.89. The molecule has 90 valence electrons. The molecule has 0 heterocycles. The topological polar surface area (TPSA) is 46.2 Å². The summed E-state index contributed by atoms with van der Waals surface area (Å²) < 4.78 is 22.3. The summed E-state index contributed by atoms with van der Waals surface area (Å²) in [5.41, 5.74) is 1.15. The van der Waals surface area contributed by atoms with Crippen LogP contribution in [0.25, 0.3) is 0 Å². The molecule has 0 amide bonds. The lowest BCUT2D eigenvalue weighted by Gasteiger charge is -2.17. The SMILES string of the molecule is CCNC(CCS(C)(=O)=O)c1ccccc1. The minimum absolute atomic E-state index is 0.126. The summed E-state index contributed by atoms with van der Waals surface area (Å²) in [5, 5.41) is 3.31. The molecule has 0 aliphatic carbocycles. The zero-order valence-electron chi connectivity index (χ0n) is 9.81. The Morgan fingerprint density at radius 2 is 1.88 bits per heavy atom. The van der Waals surface area contributed by atoms with E-state index in [4.69, 9.17) is 0 Å². The van der Waals surface area contributed by atoms with Gasteiger partial charge >= 0.3 is 0 Å². The van der Waals surface area contributed by atoms with Gasteiger partial charge in [0.05, 0.1) is 5.75 Å². The average Bonchev–Trinajstić information content (AvgIpc) is 2.24. The van der Waals surface area contributed by atoms with Crippen LogP contribution >= 0.6 is 0 Å². The molecule has 1 unspecified atom stereocenters. The lowest BCUT2D eigenvalue weighted by Crippen LogP contribution is -2.23. The number of benzene rings is 1. The Hall–Kier alpha value is -0.870. The highest BCUT2D eigenvalue weighted by Gasteiger charge is 2.12. The van der Waals surface area contributed by atoms with Crippen LogP contribution in [0.2, 0.25) is 0 Å². The van der Waals surface area contributed by atoms with Crippen LogP contribution in [0, 0.1) is 0 Å². The molecule has 1 atom stereocenters. The Morgan fingerprint density at radius 3 is 2.38 bits per heavy atom. The summed E-state index contributed by atoms with van der Waals surface area (Å²) in [6.45, 7) is 2.86. The number of nitrogens with one attached hydrogen (secondary N) is 1. The van der Waals surface area contributed by atoms with Crippen LogP contribution in [-0.4, -0.2) is 27.0 Å². The van der Waals surface area contributed by atoms with Crippen LogP contribution in [0.5, 0.6) is 0 Å². The van der Waals surface area contributed by atoms with E-state index in [-0.39, 0.29) is 11.8 Å². The molecule has 1 rings (SSSR count). The minimum Gasteiger partial charge on any atom is -0.310 e. The van der Waals surface area contributed by atoms with Crippen LogP contribution < -0.4 is 5.32 Å². The molecule has 1 N–H and O–H groups in total. The van der Waals surface area contributed by atoms with Crippen molar-refractivity contribution in [2.75, 3.05) is 18.6 Å². The van der Waals surface area contributed by atoms with Crippen LogP contribution in [-0.2, 0) is 9.84 Å². The Labute approximate surface area is 97.8 Å². The second kappa shape index (κ2) is 6.01. The summed E-state index contributed by atoms with van der Waals surface area (Å²) in [4.78, 5) is 0. The van der Waals surface area contributed by atoms with Gasteiger partial charge in [-0.25, -0.2) is 8.42 Å². The molecule has 0 spiro atoms. The van der Waals surface area contributed by atoms with Crippen molar-refractivity contribution >= 4 is 9.84 Å². The molecule has 0 fully saturated rings. The van der Waals surface area contributed by atoms with Crippen LogP contribution in [0.4, 0.5) is 0 Å². The Kier molecular flexibility index (Phi) is 4.96. The first-order chi connectivity index (χ1) is 7.53. The molecular weight excluding hydrogens is 222 g/mol. The van der Waals surface area contributed by atoms with Crippen LogP contribution in [0.3, 0.4) is 0 Å².